The number of hydrogen-bond acceptors (Lipinski definition) is 5. The molecule has 2 heterocycles. The van der Waals surface area contributed by atoms with Crippen LogP contribution in [0.3, 0.4) is 0 Å². The maximum atomic E-state index is 13.1. The molecule has 0 N–H and O–H groups in total. The molecule has 0 spiro atoms. The molecule has 0 bridgehead atoms. The van der Waals surface area contributed by atoms with Crippen molar-refractivity contribution in [3.8, 4) is 11.5 Å². The van der Waals surface area contributed by atoms with Gasteiger partial charge < -0.3 is 18.9 Å². The Hall–Kier alpha value is -2.80. The van der Waals surface area contributed by atoms with Gasteiger partial charge in [-0.2, -0.15) is 0 Å². The number of Topliss-reactive ketones (excluding diaryl/α,β-unsaturated/α-hetero) is 1. The van der Waals surface area contributed by atoms with Crippen molar-refractivity contribution >= 4 is 11.7 Å². The van der Waals surface area contributed by atoms with Crippen LogP contribution in [0.25, 0.3) is 0 Å². The first-order chi connectivity index (χ1) is 15.9. The maximum Gasteiger partial charge on any atom is 0.254 e. The summed E-state index contributed by atoms with van der Waals surface area (Å²) in [6.07, 6.45) is 4.97. The molecule has 2 fully saturated rings. The van der Waals surface area contributed by atoms with Gasteiger partial charge in [0.15, 0.2) is 17.3 Å². The predicted molar refractivity (Wildman–Crippen MR) is 128 cm³/mol. The number of hydrogen-bond donors (Lipinski definition) is 0. The third-order valence-corrected chi connectivity index (χ3v) is 7.13. The topological polar surface area (TPSA) is 64.0 Å². The van der Waals surface area contributed by atoms with Crippen LogP contribution in [0, 0.1) is 13.8 Å². The van der Waals surface area contributed by atoms with Crippen LogP contribution < -0.4 is 9.47 Å². The van der Waals surface area contributed by atoms with Crippen LogP contribution in [0.1, 0.15) is 63.8 Å². The number of nitrogens with zero attached hydrogens (tertiary/aromatic N) is 3. The van der Waals surface area contributed by atoms with Gasteiger partial charge in [-0.25, -0.2) is 0 Å². The summed E-state index contributed by atoms with van der Waals surface area (Å²) in [6.45, 7) is 7.16. The molecule has 1 saturated carbocycles. The molecule has 33 heavy (non-hydrogen) atoms. The number of methoxy groups -OCH3 is 2. The molecule has 0 radical (unpaired) electrons. The molecular weight excluding hydrogens is 418 g/mol. The maximum absolute atomic E-state index is 13.1. The number of benzene rings is 1. The summed E-state index contributed by atoms with van der Waals surface area (Å²) in [5.74, 6) is 1.29. The second kappa shape index (κ2) is 10.00. The van der Waals surface area contributed by atoms with Crippen LogP contribution in [0.15, 0.2) is 24.3 Å². The van der Waals surface area contributed by atoms with Crippen molar-refractivity contribution in [1.82, 2.24) is 14.4 Å². The number of amides is 1. The van der Waals surface area contributed by atoms with E-state index in [1.807, 2.05) is 4.90 Å². The Balaban J connectivity index is 1.35. The molecule has 1 saturated heterocycles. The molecular formula is C26H35N3O4. The summed E-state index contributed by atoms with van der Waals surface area (Å²) >= 11 is 0. The zero-order chi connectivity index (χ0) is 23.5. The van der Waals surface area contributed by atoms with Gasteiger partial charge in [0.25, 0.3) is 5.91 Å². The number of carbonyl (C=O) groups excluding carboxylic acids is 2. The molecule has 178 valence electrons. The Labute approximate surface area is 196 Å². The summed E-state index contributed by atoms with van der Waals surface area (Å²) < 4.78 is 13.0. The van der Waals surface area contributed by atoms with Crippen LogP contribution in [0.2, 0.25) is 0 Å². The first-order valence-corrected chi connectivity index (χ1v) is 11.9. The fraction of sp³-hybridized carbons (Fsp3) is 0.538. The van der Waals surface area contributed by atoms with Gasteiger partial charge in [0.2, 0.25) is 0 Å². The Morgan fingerprint density at radius 2 is 1.61 bits per heavy atom. The van der Waals surface area contributed by atoms with E-state index < -0.39 is 0 Å². The lowest BCUT2D eigenvalue weighted by Crippen LogP contribution is -2.49. The zero-order valence-electron chi connectivity index (χ0n) is 20.2. The molecule has 2 aromatic rings. The highest BCUT2D eigenvalue weighted by atomic mass is 16.5. The van der Waals surface area contributed by atoms with E-state index in [4.69, 9.17) is 9.47 Å². The summed E-state index contributed by atoms with van der Waals surface area (Å²) in [4.78, 5) is 30.1. The Morgan fingerprint density at radius 3 is 2.24 bits per heavy atom. The fourth-order valence-electron chi connectivity index (χ4n) is 5.33. The lowest BCUT2D eigenvalue weighted by Gasteiger charge is -2.34. The van der Waals surface area contributed by atoms with Gasteiger partial charge in [-0.05, 0) is 51.0 Å². The van der Waals surface area contributed by atoms with Crippen molar-refractivity contribution in [2.75, 3.05) is 46.9 Å². The molecule has 1 aliphatic heterocycles. The minimum Gasteiger partial charge on any atom is -0.493 e. The predicted octanol–water partition coefficient (Wildman–Crippen LogP) is 3.88. The lowest BCUT2D eigenvalue weighted by molar-refractivity contribution is 0.0624. The Bertz CT molecular complexity index is 1010. The number of aryl methyl sites for hydroxylation is 1. The minimum atomic E-state index is -0.0259. The lowest BCUT2D eigenvalue weighted by atomic mass is 10.1. The quantitative estimate of drug-likeness (QED) is 0.596. The van der Waals surface area contributed by atoms with E-state index in [-0.39, 0.29) is 11.7 Å². The van der Waals surface area contributed by atoms with Gasteiger partial charge in [-0.15, -0.1) is 0 Å². The monoisotopic (exact) mass is 453 g/mol. The van der Waals surface area contributed by atoms with Crippen molar-refractivity contribution in [3.63, 3.8) is 0 Å². The van der Waals surface area contributed by atoms with E-state index in [1.165, 1.54) is 31.4 Å². The van der Waals surface area contributed by atoms with E-state index in [0.29, 0.717) is 55.8 Å². The summed E-state index contributed by atoms with van der Waals surface area (Å²) in [7, 11) is 3.14. The van der Waals surface area contributed by atoms with Crippen molar-refractivity contribution in [3.05, 3.63) is 46.8 Å². The summed E-state index contributed by atoms with van der Waals surface area (Å²) in [5.41, 5.74) is 3.72. The van der Waals surface area contributed by atoms with E-state index in [2.05, 4.69) is 29.4 Å². The van der Waals surface area contributed by atoms with Gasteiger partial charge in [0.1, 0.15) is 0 Å². The van der Waals surface area contributed by atoms with Crippen molar-refractivity contribution < 1.29 is 19.1 Å². The van der Waals surface area contributed by atoms with E-state index >= 15 is 0 Å². The third kappa shape index (κ3) is 4.78. The van der Waals surface area contributed by atoms with Crippen LogP contribution in [-0.2, 0) is 0 Å². The molecule has 1 aromatic carbocycles. The van der Waals surface area contributed by atoms with Crippen LogP contribution >= 0.6 is 0 Å². The number of carbonyl (C=O) groups is 2. The number of piperazine rings is 1. The molecule has 1 amide bonds. The number of aromatic nitrogens is 1. The van der Waals surface area contributed by atoms with Gasteiger partial charge in [-0.3, -0.25) is 14.5 Å². The van der Waals surface area contributed by atoms with Crippen LogP contribution in [0.5, 0.6) is 11.5 Å². The summed E-state index contributed by atoms with van der Waals surface area (Å²) in [6, 6.07) is 7.84. The van der Waals surface area contributed by atoms with Crippen molar-refractivity contribution in [2.24, 2.45) is 0 Å². The largest absolute Gasteiger partial charge is 0.493 e. The highest BCUT2D eigenvalue weighted by Gasteiger charge is 2.27. The second-order valence-corrected chi connectivity index (χ2v) is 9.15. The number of ketones is 1. The van der Waals surface area contributed by atoms with E-state index in [9.17, 15) is 9.59 Å². The summed E-state index contributed by atoms with van der Waals surface area (Å²) in [5, 5.41) is 0. The Morgan fingerprint density at radius 1 is 0.939 bits per heavy atom. The van der Waals surface area contributed by atoms with Crippen molar-refractivity contribution in [1.29, 1.82) is 0 Å². The molecule has 7 nitrogen and oxygen atoms in total. The average Bonchev–Trinajstić information content (AvgIpc) is 3.45. The molecule has 7 heteroatoms. The normalized spacial score (nSPS) is 17.4. The highest BCUT2D eigenvalue weighted by molar-refractivity contribution is 5.99. The van der Waals surface area contributed by atoms with Gasteiger partial charge in [0, 0.05) is 54.7 Å². The van der Waals surface area contributed by atoms with Gasteiger partial charge in [-0.1, -0.05) is 12.8 Å². The number of ether oxygens (including phenoxy) is 2. The Kier molecular flexibility index (Phi) is 7.08. The highest BCUT2D eigenvalue weighted by Crippen LogP contribution is 2.33. The molecule has 1 aliphatic carbocycles. The van der Waals surface area contributed by atoms with Gasteiger partial charge >= 0.3 is 0 Å². The smallest absolute Gasteiger partial charge is 0.254 e. The second-order valence-electron chi connectivity index (χ2n) is 9.15. The first kappa shape index (κ1) is 23.4. The van der Waals surface area contributed by atoms with Crippen LogP contribution in [-0.4, -0.2) is 73.0 Å². The third-order valence-electron chi connectivity index (χ3n) is 7.13. The van der Waals surface area contributed by atoms with E-state index in [0.717, 1.165) is 11.3 Å². The minimum absolute atomic E-state index is 0.0259. The molecule has 2 aliphatic rings. The molecule has 0 atom stereocenters. The van der Waals surface area contributed by atoms with E-state index in [1.54, 1.807) is 32.4 Å². The average molecular weight is 454 g/mol. The molecule has 4 rings (SSSR count). The fourth-order valence-corrected chi connectivity index (χ4v) is 5.33. The molecule has 0 unspecified atom stereocenters. The zero-order valence-corrected chi connectivity index (χ0v) is 20.2. The standard InChI is InChI=1S/C26H35N3O4/c1-18-15-22(19(2)29(18)21-7-5-6-8-21)23(30)17-27-11-13-28(14-12-27)26(31)20-9-10-24(32-3)25(16-20)33-4/h9-10,15-16,21H,5-8,11-14,17H2,1-4H3. The van der Waals surface area contributed by atoms with Gasteiger partial charge in [0.05, 0.1) is 20.8 Å². The number of rotatable bonds is 7. The SMILES string of the molecule is COc1ccc(C(=O)N2CCN(CC(=O)c3cc(C)n(C4CCCC4)c3C)CC2)cc1OC. The molecule has 1 aromatic heterocycles. The van der Waals surface area contributed by atoms with Crippen LogP contribution in [0.4, 0.5) is 0 Å². The first-order valence-electron chi connectivity index (χ1n) is 11.9. The van der Waals surface area contributed by atoms with Crippen molar-refractivity contribution in [2.45, 2.75) is 45.6 Å².